The van der Waals surface area contributed by atoms with Gasteiger partial charge in [0, 0.05) is 11.8 Å². The minimum atomic E-state index is -1.00. The predicted octanol–water partition coefficient (Wildman–Crippen LogP) is 3.55. The molecule has 0 aromatic heterocycles. The SMILES string of the molecule is CC1(C#N)c2ccccc2C=CN1C(=O)c1ccccc1. The second-order valence-corrected chi connectivity index (χ2v) is 5.13. The van der Waals surface area contributed by atoms with Crippen molar-refractivity contribution in [2.45, 2.75) is 12.5 Å². The maximum atomic E-state index is 12.7. The van der Waals surface area contributed by atoms with Crippen molar-refractivity contribution in [2.24, 2.45) is 0 Å². The van der Waals surface area contributed by atoms with E-state index in [1.807, 2.05) is 48.5 Å². The number of hydrogen-bond acceptors (Lipinski definition) is 2. The van der Waals surface area contributed by atoms with Gasteiger partial charge < -0.3 is 0 Å². The number of rotatable bonds is 1. The highest BCUT2D eigenvalue weighted by molar-refractivity contribution is 5.96. The lowest BCUT2D eigenvalue weighted by Crippen LogP contribution is -2.45. The lowest BCUT2D eigenvalue weighted by molar-refractivity contribution is 0.0718. The van der Waals surface area contributed by atoms with Crippen LogP contribution in [0.2, 0.25) is 0 Å². The van der Waals surface area contributed by atoms with Gasteiger partial charge in [-0.25, -0.2) is 0 Å². The maximum Gasteiger partial charge on any atom is 0.259 e. The van der Waals surface area contributed by atoms with Crippen molar-refractivity contribution in [3.63, 3.8) is 0 Å². The van der Waals surface area contributed by atoms with Gasteiger partial charge in [-0.15, -0.1) is 0 Å². The van der Waals surface area contributed by atoms with Gasteiger partial charge in [0.15, 0.2) is 5.54 Å². The average molecular weight is 274 g/mol. The van der Waals surface area contributed by atoms with E-state index in [2.05, 4.69) is 6.07 Å². The summed E-state index contributed by atoms with van der Waals surface area (Å²) in [7, 11) is 0. The van der Waals surface area contributed by atoms with Gasteiger partial charge in [-0.3, -0.25) is 9.69 Å². The molecule has 1 aliphatic heterocycles. The molecule has 1 unspecified atom stereocenters. The molecule has 3 rings (SSSR count). The van der Waals surface area contributed by atoms with Crippen molar-refractivity contribution in [1.82, 2.24) is 4.90 Å². The predicted molar refractivity (Wildman–Crippen MR) is 81.1 cm³/mol. The molecule has 2 aromatic carbocycles. The van der Waals surface area contributed by atoms with Gasteiger partial charge in [0.2, 0.25) is 0 Å². The molecule has 0 aliphatic carbocycles. The fourth-order valence-electron chi connectivity index (χ4n) is 2.62. The number of amides is 1. The highest BCUT2D eigenvalue weighted by atomic mass is 16.2. The third-order valence-corrected chi connectivity index (χ3v) is 3.83. The lowest BCUT2D eigenvalue weighted by atomic mass is 9.85. The number of nitrogens with zero attached hydrogens (tertiary/aromatic N) is 2. The molecule has 1 amide bonds. The summed E-state index contributed by atoms with van der Waals surface area (Å²) in [4.78, 5) is 14.2. The van der Waals surface area contributed by atoms with Crippen molar-refractivity contribution >= 4 is 12.0 Å². The van der Waals surface area contributed by atoms with Crippen LogP contribution in [0.3, 0.4) is 0 Å². The van der Waals surface area contributed by atoms with Crippen LogP contribution in [-0.2, 0) is 5.54 Å². The Labute approximate surface area is 123 Å². The zero-order valence-electron chi connectivity index (χ0n) is 11.7. The third-order valence-electron chi connectivity index (χ3n) is 3.83. The Morgan fingerprint density at radius 1 is 1.10 bits per heavy atom. The molecular weight excluding hydrogens is 260 g/mol. The number of carbonyl (C=O) groups excluding carboxylic acids is 1. The van der Waals surface area contributed by atoms with Crippen molar-refractivity contribution in [3.05, 3.63) is 77.5 Å². The molecule has 102 valence electrons. The summed E-state index contributed by atoms with van der Waals surface area (Å²) in [6.45, 7) is 1.77. The first kappa shape index (κ1) is 13.1. The molecule has 0 bridgehead atoms. The Morgan fingerprint density at radius 3 is 2.48 bits per heavy atom. The van der Waals surface area contributed by atoms with Gasteiger partial charge in [-0.1, -0.05) is 42.5 Å². The van der Waals surface area contributed by atoms with Crippen molar-refractivity contribution < 1.29 is 4.79 Å². The van der Waals surface area contributed by atoms with Crippen LogP contribution in [0.4, 0.5) is 0 Å². The molecule has 1 heterocycles. The molecule has 3 nitrogen and oxygen atoms in total. The Morgan fingerprint density at radius 2 is 1.76 bits per heavy atom. The quantitative estimate of drug-likeness (QED) is 0.798. The number of benzene rings is 2. The monoisotopic (exact) mass is 274 g/mol. The van der Waals surface area contributed by atoms with Crippen molar-refractivity contribution in [3.8, 4) is 6.07 Å². The molecule has 1 atom stereocenters. The minimum absolute atomic E-state index is 0.176. The second-order valence-electron chi connectivity index (χ2n) is 5.13. The summed E-state index contributed by atoms with van der Waals surface area (Å²) >= 11 is 0. The number of hydrogen-bond donors (Lipinski definition) is 0. The molecule has 0 radical (unpaired) electrons. The van der Waals surface area contributed by atoms with E-state index in [1.165, 1.54) is 4.90 Å². The molecule has 3 heteroatoms. The van der Waals surface area contributed by atoms with E-state index in [-0.39, 0.29) is 5.91 Å². The lowest BCUT2D eigenvalue weighted by Gasteiger charge is -2.37. The number of carbonyl (C=O) groups is 1. The van der Waals surface area contributed by atoms with Gasteiger partial charge >= 0.3 is 0 Å². The van der Waals surface area contributed by atoms with Crippen LogP contribution in [0, 0.1) is 11.3 Å². The highest BCUT2D eigenvalue weighted by Gasteiger charge is 2.39. The highest BCUT2D eigenvalue weighted by Crippen LogP contribution is 2.36. The van der Waals surface area contributed by atoms with Gasteiger partial charge in [0.05, 0.1) is 6.07 Å². The first-order valence-corrected chi connectivity index (χ1v) is 6.74. The average Bonchev–Trinajstić information content (AvgIpc) is 2.55. The zero-order chi connectivity index (χ0) is 14.9. The first-order valence-electron chi connectivity index (χ1n) is 6.74. The van der Waals surface area contributed by atoms with Gasteiger partial charge in [0.1, 0.15) is 0 Å². The first-order chi connectivity index (χ1) is 10.2. The van der Waals surface area contributed by atoms with Crippen LogP contribution >= 0.6 is 0 Å². The molecule has 0 N–H and O–H groups in total. The molecule has 2 aromatic rings. The van der Waals surface area contributed by atoms with E-state index in [4.69, 9.17) is 0 Å². The van der Waals surface area contributed by atoms with Gasteiger partial charge in [0.25, 0.3) is 5.91 Å². The van der Waals surface area contributed by atoms with Crippen LogP contribution < -0.4 is 0 Å². The third kappa shape index (κ3) is 2.02. The number of fused-ring (bicyclic) bond motifs is 1. The standard InChI is InChI=1S/C18H14N2O/c1-18(13-19)16-10-6-5-7-14(16)11-12-20(18)17(21)15-8-3-2-4-9-15/h2-12H,1H3. The van der Waals surface area contributed by atoms with Crippen LogP contribution in [0.15, 0.2) is 60.8 Å². The van der Waals surface area contributed by atoms with Gasteiger partial charge in [-0.05, 0) is 36.3 Å². The summed E-state index contributed by atoms with van der Waals surface area (Å²) in [6, 6.07) is 19.0. The summed E-state index contributed by atoms with van der Waals surface area (Å²) in [6.07, 6.45) is 3.57. The van der Waals surface area contributed by atoms with E-state index in [0.29, 0.717) is 5.56 Å². The molecule has 0 saturated heterocycles. The van der Waals surface area contributed by atoms with Crippen LogP contribution in [0.5, 0.6) is 0 Å². The summed E-state index contributed by atoms with van der Waals surface area (Å²) in [5.41, 5.74) is 1.39. The molecule has 0 spiro atoms. The number of nitriles is 1. The second kappa shape index (κ2) is 4.92. The molecule has 1 aliphatic rings. The van der Waals surface area contributed by atoms with E-state index >= 15 is 0 Å². The normalized spacial score (nSPS) is 19.7. The van der Waals surface area contributed by atoms with E-state index in [9.17, 15) is 10.1 Å². The summed E-state index contributed by atoms with van der Waals surface area (Å²) in [5.74, 6) is -0.176. The molecular formula is C18H14N2O. The maximum absolute atomic E-state index is 12.7. The smallest absolute Gasteiger partial charge is 0.259 e. The Balaban J connectivity index is 2.10. The minimum Gasteiger partial charge on any atom is -0.292 e. The fraction of sp³-hybridized carbons (Fsp3) is 0.111. The largest absolute Gasteiger partial charge is 0.292 e. The topological polar surface area (TPSA) is 44.1 Å². The van der Waals surface area contributed by atoms with Crippen LogP contribution in [-0.4, -0.2) is 10.8 Å². The van der Waals surface area contributed by atoms with Crippen LogP contribution in [0.1, 0.15) is 28.4 Å². The Kier molecular flexibility index (Phi) is 3.08. The van der Waals surface area contributed by atoms with Crippen LogP contribution in [0.25, 0.3) is 6.08 Å². The van der Waals surface area contributed by atoms with E-state index in [1.54, 1.807) is 25.3 Å². The molecule has 0 fully saturated rings. The molecule has 21 heavy (non-hydrogen) atoms. The Bertz CT molecular complexity index is 758. The summed E-state index contributed by atoms with van der Waals surface area (Å²) in [5, 5.41) is 9.69. The van der Waals surface area contributed by atoms with Crippen molar-refractivity contribution in [1.29, 1.82) is 5.26 Å². The van der Waals surface area contributed by atoms with Crippen molar-refractivity contribution in [2.75, 3.05) is 0 Å². The zero-order valence-corrected chi connectivity index (χ0v) is 11.7. The summed E-state index contributed by atoms with van der Waals surface area (Å²) < 4.78 is 0. The molecule has 0 saturated carbocycles. The van der Waals surface area contributed by atoms with E-state index < -0.39 is 5.54 Å². The van der Waals surface area contributed by atoms with E-state index in [0.717, 1.165) is 11.1 Å². The Hall–Kier alpha value is -2.86. The fourth-order valence-corrected chi connectivity index (χ4v) is 2.62. The van der Waals surface area contributed by atoms with Gasteiger partial charge in [-0.2, -0.15) is 5.26 Å².